The number of hydrogen-bond donors (Lipinski definition) is 2. The van der Waals surface area contributed by atoms with Crippen LogP contribution < -0.4 is 10.6 Å². The van der Waals surface area contributed by atoms with Gasteiger partial charge in [-0.2, -0.15) is 5.10 Å². The molecule has 0 radical (unpaired) electrons. The van der Waals surface area contributed by atoms with Crippen molar-refractivity contribution in [3.63, 3.8) is 0 Å². The summed E-state index contributed by atoms with van der Waals surface area (Å²) in [5.74, 6) is 1.02. The first kappa shape index (κ1) is 23.0. The van der Waals surface area contributed by atoms with Crippen molar-refractivity contribution in [3.8, 4) is 0 Å². The zero-order valence-electron chi connectivity index (χ0n) is 17.7. The number of thioether (sulfide) groups is 1. The van der Waals surface area contributed by atoms with Gasteiger partial charge in [0.15, 0.2) is 10.8 Å². The van der Waals surface area contributed by atoms with Crippen molar-refractivity contribution < 1.29 is 13.9 Å². The van der Waals surface area contributed by atoms with Crippen LogP contribution in [-0.4, -0.2) is 57.7 Å². The third-order valence-electron chi connectivity index (χ3n) is 4.37. The molecule has 31 heavy (non-hydrogen) atoms. The van der Waals surface area contributed by atoms with Gasteiger partial charge in [0.25, 0.3) is 5.91 Å². The second-order valence-electron chi connectivity index (χ2n) is 6.69. The predicted molar refractivity (Wildman–Crippen MR) is 120 cm³/mol. The summed E-state index contributed by atoms with van der Waals surface area (Å²) in [4.78, 5) is 21.5. The number of amides is 1. The van der Waals surface area contributed by atoms with Gasteiger partial charge in [0.1, 0.15) is 11.6 Å². The van der Waals surface area contributed by atoms with E-state index in [9.17, 15) is 9.18 Å². The van der Waals surface area contributed by atoms with E-state index < -0.39 is 0 Å². The molecule has 0 unspecified atom stereocenters. The Labute approximate surface area is 185 Å². The minimum absolute atomic E-state index is 0.261. The highest BCUT2D eigenvalue weighted by atomic mass is 32.2. The molecule has 0 saturated heterocycles. The van der Waals surface area contributed by atoms with Crippen molar-refractivity contribution in [2.45, 2.75) is 32.0 Å². The summed E-state index contributed by atoms with van der Waals surface area (Å²) in [5, 5.41) is 12.1. The van der Waals surface area contributed by atoms with Gasteiger partial charge >= 0.3 is 0 Å². The summed E-state index contributed by atoms with van der Waals surface area (Å²) < 4.78 is 20.2. The number of ether oxygens (including phenoxy) is 1. The van der Waals surface area contributed by atoms with Crippen LogP contribution in [-0.2, 0) is 11.3 Å². The van der Waals surface area contributed by atoms with Crippen LogP contribution in [0, 0.1) is 5.82 Å². The van der Waals surface area contributed by atoms with Gasteiger partial charge in [0.05, 0.1) is 24.7 Å². The summed E-state index contributed by atoms with van der Waals surface area (Å²) in [6.45, 7) is 6.77. The van der Waals surface area contributed by atoms with Crippen LogP contribution in [0.2, 0.25) is 0 Å². The Hall–Kier alpha value is -2.72. The molecule has 8 nitrogen and oxygen atoms in total. The molecule has 0 atom stereocenters. The van der Waals surface area contributed by atoms with Gasteiger partial charge in [0, 0.05) is 31.0 Å². The van der Waals surface area contributed by atoms with Gasteiger partial charge in [-0.25, -0.2) is 19.0 Å². The van der Waals surface area contributed by atoms with Crippen LogP contribution >= 0.6 is 11.8 Å². The van der Waals surface area contributed by atoms with Crippen LogP contribution in [0.25, 0.3) is 11.0 Å². The Morgan fingerprint density at radius 3 is 2.74 bits per heavy atom. The average molecular weight is 447 g/mol. The average Bonchev–Trinajstić information content (AvgIpc) is 3.18. The predicted octanol–water partition coefficient (Wildman–Crippen LogP) is 3.35. The number of aromatic nitrogens is 4. The van der Waals surface area contributed by atoms with E-state index in [1.165, 1.54) is 24.3 Å². The standard InChI is InChI=1S/C21H27FN6O2S/c1-3-13-31-21-26-18(23-10-12-30-4-2)17-14-25-28(19(17)27-21)11-9-24-20(29)15-5-7-16(22)8-6-15/h5-8,14H,3-4,9-13H2,1-2H3,(H,24,29)(H,23,26,27). The lowest BCUT2D eigenvalue weighted by Gasteiger charge is -2.10. The van der Waals surface area contributed by atoms with E-state index in [1.807, 2.05) is 6.92 Å². The summed E-state index contributed by atoms with van der Waals surface area (Å²) >= 11 is 1.60. The summed E-state index contributed by atoms with van der Waals surface area (Å²) in [6, 6.07) is 5.45. The van der Waals surface area contributed by atoms with E-state index in [2.05, 4.69) is 32.6 Å². The molecule has 0 fully saturated rings. The maximum Gasteiger partial charge on any atom is 0.251 e. The minimum Gasteiger partial charge on any atom is -0.380 e. The number of rotatable bonds is 12. The van der Waals surface area contributed by atoms with E-state index in [0.717, 1.165) is 23.4 Å². The fourth-order valence-corrected chi connectivity index (χ4v) is 3.55. The van der Waals surface area contributed by atoms with Crippen molar-refractivity contribution in [2.24, 2.45) is 0 Å². The molecular weight excluding hydrogens is 419 g/mol. The van der Waals surface area contributed by atoms with Gasteiger partial charge in [-0.05, 0) is 37.6 Å². The normalized spacial score (nSPS) is 11.1. The Morgan fingerprint density at radius 2 is 2.00 bits per heavy atom. The van der Waals surface area contributed by atoms with E-state index in [-0.39, 0.29) is 11.7 Å². The smallest absolute Gasteiger partial charge is 0.251 e. The van der Waals surface area contributed by atoms with E-state index >= 15 is 0 Å². The fraction of sp³-hybridized carbons (Fsp3) is 0.429. The largest absolute Gasteiger partial charge is 0.380 e. The lowest BCUT2D eigenvalue weighted by molar-refractivity contribution is 0.0952. The Bertz CT molecular complexity index is 995. The highest BCUT2D eigenvalue weighted by Gasteiger charge is 2.14. The van der Waals surface area contributed by atoms with E-state index in [4.69, 9.17) is 4.74 Å². The molecule has 2 N–H and O–H groups in total. The molecule has 0 aliphatic rings. The topological polar surface area (TPSA) is 94.0 Å². The van der Waals surface area contributed by atoms with Gasteiger partial charge in [-0.1, -0.05) is 18.7 Å². The SMILES string of the molecule is CCCSc1nc(NCCOCC)c2cnn(CCNC(=O)c3ccc(F)cc3)c2n1. The Kier molecular flexibility index (Phi) is 8.60. The van der Waals surface area contributed by atoms with Crippen molar-refractivity contribution in [1.82, 2.24) is 25.1 Å². The Balaban J connectivity index is 1.70. The lowest BCUT2D eigenvalue weighted by Crippen LogP contribution is -2.27. The van der Waals surface area contributed by atoms with E-state index in [0.29, 0.717) is 49.2 Å². The first-order chi connectivity index (χ1) is 15.1. The number of nitrogens with zero attached hydrogens (tertiary/aromatic N) is 4. The van der Waals surface area contributed by atoms with Crippen LogP contribution in [0.4, 0.5) is 10.2 Å². The van der Waals surface area contributed by atoms with Crippen molar-refractivity contribution >= 4 is 34.5 Å². The zero-order chi connectivity index (χ0) is 22.1. The summed E-state index contributed by atoms with van der Waals surface area (Å²) in [5.41, 5.74) is 1.12. The molecular formula is C21H27FN6O2S. The molecule has 1 aromatic carbocycles. The zero-order valence-corrected chi connectivity index (χ0v) is 18.5. The second-order valence-corrected chi connectivity index (χ2v) is 7.76. The number of carbonyl (C=O) groups is 1. The van der Waals surface area contributed by atoms with E-state index in [1.54, 1.807) is 22.6 Å². The summed E-state index contributed by atoms with van der Waals surface area (Å²) in [7, 11) is 0. The van der Waals surface area contributed by atoms with Crippen LogP contribution in [0.1, 0.15) is 30.6 Å². The van der Waals surface area contributed by atoms with Crippen LogP contribution in [0.3, 0.4) is 0 Å². The monoisotopic (exact) mass is 446 g/mol. The molecule has 0 aliphatic heterocycles. The highest BCUT2D eigenvalue weighted by molar-refractivity contribution is 7.99. The molecule has 0 saturated carbocycles. The lowest BCUT2D eigenvalue weighted by atomic mass is 10.2. The van der Waals surface area contributed by atoms with Gasteiger partial charge < -0.3 is 15.4 Å². The molecule has 2 aromatic heterocycles. The molecule has 10 heteroatoms. The molecule has 3 aromatic rings. The van der Waals surface area contributed by atoms with Gasteiger partial charge in [-0.15, -0.1) is 0 Å². The number of halogens is 1. The number of nitrogens with one attached hydrogen (secondary N) is 2. The van der Waals surface area contributed by atoms with Gasteiger partial charge in [0.2, 0.25) is 0 Å². The van der Waals surface area contributed by atoms with Crippen molar-refractivity contribution in [1.29, 1.82) is 0 Å². The van der Waals surface area contributed by atoms with Crippen molar-refractivity contribution in [2.75, 3.05) is 37.4 Å². The molecule has 0 aliphatic carbocycles. The van der Waals surface area contributed by atoms with Crippen LogP contribution in [0.15, 0.2) is 35.6 Å². The third kappa shape index (κ3) is 6.38. The van der Waals surface area contributed by atoms with Crippen LogP contribution in [0.5, 0.6) is 0 Å². The number of carbonyl (C=O) groups excluding carboxylic acids is 1. The number of anilines is 1. The summed E-state index contributed by atoms with van der Waals surface area (Å²) in [6.07, 6.45) is 2.75. The first-order valence-electron chi connectivity index (χ1n) is 10.3. The molecule has 1 amide bonds. The van der Waals surface area contributed by atoms with Gasteiger partial charge in [-0.3, -0.25) is 4.79 Å². The highest BCUT2D eigenvalue weighted by Crippen LogP contribution is 2.24. The molecule has 166 valence electrons. The Morgan fingerprint density at radius 1 is 1.19 bits per heavy atom. The second kappa shape index (κ2) is 11.6. The van der Waals surface area contributed by atoms with Crippen molar-refractivity contribution in [3.05, 3.63) is 41.8 Å². The number of fused-ring (bicyclic) bond motifs is 1. The molecule has 3 rings (SSSR count). The maximum absolute atomic E-state index is 13.0. The quantitative estimate of drug-likeness (QED) is 0.250. The maximum atomic E-state index is 13.0. The fourth-order valence-electron chi connectivity index (χ4n) is 2.86. The number of benzene rings is 1. The number of hydrogen-bond acceptors (Lipinski definition) is 7. The molecule has 2 heterocycles. The third-order valence-corrected chi connectivity index (χ3v) is 5.42. The molecule has 0 bridgehead atoms. The molecule has 0 spiro atoms. The minimum atomic E-state index is -0.373. The first-order valence-corrected chi connectivity index (χ1v) is 11.3.